The molecule has 0 unspecified atom stereocenters. The van der Waals surface area contributed by atoms with Crippen LogP contribution in [0.5, 0.6) is 5.75 Å². The monoisotopic (exact) mass is 242 g/mol. The minimum Gasteiger partial charge on any atom is -0.492 e. The molecule has 16 heavy (non-hydrogen) atoms. The maximum atomic E-state index is 10.9. The normalized spacial score (nSPS) is 10.1. The molecule has 3 N–H and O–H groups in total. The van der Waals surface area contributed by atoms with Gasteiger partial charge < -0.3 is 15.8 Å². The van der Waals surface area contributed by atoms with Gasteiger partial charge in [0.25, 0.3) is 0 Å². The Morgan fingerprint density at radius 3 is 2.88 bits per heavy atom. The van der Waals surface area contributed by atoms with Gasteiger partial charge in [0.15, 0.2) is 0 Å². The van der Waals surface area contributed by atoms with Crippen molar-refractivity contribution in [3.05, 3.63) is 28.8 Å². The van der Waals surface area contributed by atoms with E-state index >= 15 is 0 Å². The number of rotatable bonds is 6. The molecule has 5 heteroatoms. The molecule has 1 aromatic carbocycles. The van der Waals surface area contributed by atoms with Crippen molar-refractivity contribution in [2.45, 2.75) is 6.92 Å². The van der Waals surface area contributed by atoms with Gasteiger partial charge in [-0.3, -0.25) is 4.79 Å². The van der Waals surface area contributed by atoms with Gasteiger partial charge in [-0.05, 0) is 24.7 Å². The van der Waals surface area contributed by atoms with E-state index in [1.54, 1.807) is 18.2 Å². The van der Waals surface area contributed by atoms with Gasteiger partial charge in [-0.1, -0.05) is 18.5 Å². The molecule has 88 valence electrons. The van der Waals surface area contributed by atoms with E-state index in [-0.39, 0.29) is 0 Å². The van der Waals surface area contributed by atoms with Gasteiger partial charge >= 0.3 is 0 Å². The van der Waals surface area contributed by atoms with Gasteiger partial charge in [-0.15, -0.1) is 0 Å². The highest BCUT2D eigenvalue weighted by Crippen LogP contribution is 2.22. The first-order valence-corrected chi connectivity index (χ1v) is 5.45. The number of benzene rings is 1. The number of ether oxygens (including phenoxy) is 1. The van der Waals surface area contributed by atoms with Gasteiger partial charge in [0.2, 0.25) is 5.91 Å². The molecule has 0 aliphatic rings. The number of carbonyl (C=O) groups excluding carboxylic acids is 1. The van der Waals surface area contributed by atoms with Crippen molar-refractivity contribution < 1.29 is 9.53 Å². The lowest BCUT2D eigenvalue weighted by molar-refractivity contribution is 0.100. The molecular weight excluding hydrogens is 228 g/mol. The number of primary amides is 1. The second kappa shape index (κ2) is 6.35. The molecule has 0 heterocycles. The first-order valence-electron chi connectivity index (χ1n) is 5.08. The van der Waals surface area contributed by atoms with Crippen LogP contribution >= 0.6 is 11.6 Å². The van der Waals surface area contributed by atoms with E-state index in [4.69, 9.17) is 22.1 Å². The van der Waals surface area contributed by atoms with Gasteiger partial charge in [0, 0.05) is 6.54 Å². The van der Waals surface area contributed by atoms with E-state index in [9.17, 15) is 4.79 Å². The Bertz CT molecular complexity index is 369. The Morgan fingerprint density at radius 1 is 1.56 bits per heavy atom. The van der Waals surface area contributed by atoms with Gasteiger partial charge in [-0.25, -0.2) is 0 Å². The minimum absolute atomic E-state index is 0.306. The third kappa shape index (κ3) is 3.72. The number of amides is 1. The summed E-state index contributed by atoms with van der Waals surface area (Å²) in [6, 6.07) is 4.83. The summed E-state index contributed by atoms with van der Waals surface area (Å²) in [7, 11) is 0. The third-order valence-electron chi connectivity index (χ3n) is 2.00. The zero-order valence-corrected chi connectivity index (χ0v) is 9.88. The van der Waals surface area contributed by atoms with Crippen LogP contribution in [0.25, 0.3) is 0 Å². The first kappa shape index (κ1) is 12.8. The Kier molecular flexibility index (Phi) is 5.08. The Hall–Kier alpha value is -1.26. The average Bonchev–Trinajstić information content (AvgIpc) is 2.24. The largest absolute Gasteiger partial charge is 0.492 e. The minimum atomic E-state index is -0.538. The predicted molar refractivity (Wildman–Crippen MR) is 64.0 cm³/mol. The molecule has 1 aromatic rings. The first-order chi connectivity index (χ1) is 7.65. The number of carbonyl (C=O) groups is 1. The molecule has 0 saturated carbocycles. The summed E-state index contributed by atoms with van der Waals surface area (Å²) in [4.78, 5) is 10.9. The third-order valence-corrected chi connectivity index (χ3v) is 2.32. The molecule has 0 bridgehead atoms. The lowest BCUT2D eigenvalue weighted by Gasteiger charge is -2.07. The summed E-state index contributed by atoms with van der Waals surface area (Å²) in [5, 5.41) is 3.44. The second-order valence-electron chi connectivity index (χ2n) is 3.21. The maximum Gasteiger partial charge on any atom is 0.250 e. The van der Waals surface area contributed by atoms with Crippen LogP contribution in [0.3, 0.4) is 0 Å². The molecule has 0 atom stereocenters. The van der Waals surface area contributed by atoms with Crippen molar-refractivity contribution in [3.63, 3.8) is 0 Å². The van der Waals surface area contributed by atoms with E-state index in [1.807, 2.05) is 6.92 Å². The number of nitrogens with one attached hydrogen (secondary N) is 1. The Labute approximate surface area is 99.7 Å². The summed E-state index contributed by atoms with van der Waals surface area (Å²) < 4.78 is 5.42. The predicted octanol–water partition coefficient (Wildman–Crippen LogP) is 1.43. The highest BCUT2D eigenvalue weighted by Gasteiger charge is 2.07. The van der Waals surface area contributed by atoms with Crippen molar-refractivity contribution in [1.82, 2.24) is 5.32 Å². The molecule has 0 aliphatic carbocycles. The smallest absolute Gasteiger partial charge is 0.250 e. The van der Waals surface area contributed by atoms with Crippen LogP contribution in [0.4, 0.5) is 0 Å². The van der Waals surface area contributed by atoms with Crippen molar-refractivity contribution in [1.29, 1.82) is 0 Å². The number of hydrogen-bond donors (Lipinski definition) is 2. The molecule has 0 saturated heterocycles. The van der Waals surface area contributed by atoms with E-state index in [0.29, 0.717) is 22.9 Å². The molecular formula is C11H15ClN2O2. The molecule has 0 spiro atoms. The quantitative estimate of drug-likeness (QED) is 0.742. The fourth-order valence-corrected chi connectivity index (χ4v) is 1.47. The summed E-state index contributed by atoms with van der Waals surface area (Å²) in [6.07, 6.45) is 0. The summed E-state index contributed by atoms with van der Waals surface area (Å²) in [6.45, 7) is 4.26. The van der Waals surface area contributed by atoms with E-state index in [0.717, 1.165) is 13.1 Å². The summed E-state index contributed by atoms with van der Waals surface area (Å²) in [5.41, 5.74) is 5.44. The standard InChI is InChI=1S/C11H15ClN2O2/c1-2-14-5-6-16-8-3-4-9(11(13)15)10(12)7-8/h3-4,7,14H,2,5-6H2,1H3,(H2,13,15). The second-order valence-corrected chi connectivity index (χ2v) is 3.62. The topological polar surface area (TPSA) is 64.3 Å². The highest BCUT2D eigenvalue weighted by molar-refractivity contribution is 6.33. The van der Waals surface area contributed by atoms with Crippen LogP contribution in [-0.4, -0.2) is 25.6 Å². The van der Waals surface area contributed by atoms with Crippen LogP contribution in [0.2, 0.25) is 5.02 Å². The Morgan fingerprint density at radius 2 is 2.31 bits per heavy atom. The molecule has 0 fully saturated rings. The van der Waals surface area contributed by atoms with Crippen molar-refractivity contribution in [2.75, 3.05) is 19.7 Å². The Balaban J connectivity index is 2.56. The molecule has 0 radical (unpaired) electrons. The van der Waals surface area contributed by atoms with Crippen LogP contribution < -0.4 is 15.8 Å². The van der Waals surface area contributed by atoms with E-state index < -0.39 is 5.91 Å². The molecule has 1 rings (SSSR count). The maximum absolute atomic E-state index is 10.9. The molecule has 4 nitrogen and oxygen atoms in total. The summed E-state index contributed by atoms with van der Waals surface area (Å²) in [5.74, 6) is 0.0945. The summed E-state index contributed by atoms with van der Waals surface area (Å²) >= 11 is 5.87. The number of hydrogen-bond acceptors (Lipinski definition) is 3. The lowest BCUT2D eigenvalue weighted by atomic mass is 10.2. The number of likely N-dealkylation sites (N-methyl/N-ethyl adjacent to an activating group) is 1. The van der Waals surface area contributed by atoms with Crippen molar-refractivity contribution >= 4 is 17.5 Å². The van der Waals surface area contributed by atoms with Crippen molar-refractivity contribution in [3.8, 4) is 5.75 Å². The van der Waals surface area contributed by atoms with Crippen LogP contribution in [0.1, 0.15) is 17.3 Å². The molecule has 1 amide bonds. The van der Waals surface area contributed by atoms with Crippen LogP contribution in [-0.2, 0) is 0 Å². The number of halogens is 1. The fourth-order valence-electron chi connectivity index (χ4n) is 1.20. The van der Waals surface area contributed by atoms with E-state index in [1.165, 1.54) is 0 Å². The zero-order valence-electron chi connectivity index (χ0n) is 9.13. The fraction of sp³-hybridized carbons (Fsp3) is 0.364. The van der Waals surface area contributed by atoms with E-state index in [2.05, 4.69) is 5.32 Å². The highest BCUT2D eigenvalue weighted by atomic mass is 35.5. The SMILES string of the molecule is CCNCCOc1ccc(C(N)=O)c(Cl)c1. The van der Waals surface area contributed by atoms with Crippen LogP contribution in [0, 0.1) is 0 Å². The zero-order chi connectivity index (χ0) is 12.0. The van der Waals surface area contributed by atoms with Gasteiger partial charge in [0.05, 0.1) is 10.6 Å². The average molecular weight is 243 g/mol. The molecule has 0 aliphatic heterocycles. The van der Waals surface area contributed by atoms with Crippen molar-refractivity contribution in [2.24, 2.45) is 5.73 Å². The lowest BCUT2D eigenvalue weighted by Crippen LogP contribution is -2.20. The van der Waals surface area contributed by atoms with Gasteiger partial charge in [-0.2, -0.15) is 0 Å². The number of nitrogens with two attached hydrogens (primary N) is 1. The molecule has 0 aromatic heterocycles. The van der Waals surface area contributed by atoms with Crippen LogP contribution in [0.15, 0.2) is 18.2 Å². The van der Waals surface area contributed by atoms with Gasteiger partial charge in [0.1, 0.15) is 12.4 Å².